The molecule has 0 aliphatic heterocycles. The van der Waals surface area contributed by atoms with Crippen LogP contribution < -0.4 is 4.74 Å². The molecule has 0 bridgehead atoms. The number of fused-ring (bicyclic) bond motifs is 1. The summed E-state index contributed by atoms with van der Waals surface area (Å²) in [7, 11) is 1.63. The maximum absolute atomic E-state index is 9.40. The molecule has 1 aliphatic carbocycles. The van der Waals surface area contributed by atoms with Crippen LogP contribution in [-0.2, 0) is 0 Å². The lowest BCUT2D eigenvalue weighted by Crippen LogP contribution is -1.96. The van der Waals surface area contributed by atoms with E-state index in [2.05, 4.69) is 6.07 Å². The molecular formula is C17H13Cl2NO. The van der Waals surface area contributed by atoms with Gasteiger partial charge in [-0.1, -0.05) is 35.3 Å². The van der Waals surface area contributed by atoms with Crippen LogP contribution in [0.25, 0.3) is 0 Å². The summed E-state index contributed by atoms with van der Waals surface area (Å²) >= 11 is 12.1. The lowest BCUT2D eigenvalue weighted by Gasteiger charge is -2.13. The van der Waals surface area contributed by atoms with Crippen LogP contribution in [0.15, 0.2) is 36.4 Å². The van der Waals surface area contributed by atoms with Gasteiger partial charge in [-0.2, -0.15) is 5.26 Å². The summed E-state index contributed by atoms with van der Waals surface area (Å²) in [6, 6.07) is 14.0. The highest BCUT2D eigenvalue weighted by molar-refractivity contribution is 6.42. The fourth-order valence-corrected chi connectivity index (χ4v) is 3.26. The van der Waals surface area contributed by atoms with E-state index in [1.165, 1.54) is 5.56 Å². The zero-order chi connectivity index (χ0) is 15.0. The van der Waals surface area contributed by atoms with Crippen molar-refractivity contribution in [2.75, 3.05) is 7.11 Å². The monoisotopic (exact) mass is 317 g/mol. The molecule has 0 radical (unpaired) electrons. The Hall–Kier alpha value is -1.69. The molecule has 21 heavy (non-hydrogen) atoms. The van der Waals surface area contributed by atoms with Crippen molar-refractivity contribution in [1.82, 2.24) is 0 Å². The van der Waals surface area contributed by atoms with Gasteiger partial charge in [-0.25, -0.2) is 0 Å². The highest BCUT2D eigenvalue weighted by Gasteiger charge is 2.32. The summed E-state index contributed by atoms with van der Waals surface area (Å²) < 4.78 is 5.26. The van der Waals surface area contributed by atoms with Gasteiger partial charge in [-0.3, -0.25) is 0 Å². The second-order valence-electron chi connectivity index (χ2n) is 5.14. The number of hydrogen-bond donors (Lipinski definition) is 0. The van der Waals surface area contributed by atoms with Crippen LogP contribution in [0.4, 0.5) is 0 Å². The number of methoxy groups -OCH3 is 1. The van der Waals surface area contributed by atoms with Crippen LogP contribution in [0.1, 0.15) is 34.9 Å². The minimum Gasteiger partial charge on any atom is -0.497 e. The smallest absolute Gasteiger partial charge is 0.119 e. The standard InChI is InChI=1S/C17H13Cl2NO/c1-21-12-3-4-13-14(6-11(9-20)15(13)8-12)10-2-5-16(18)17(19)7-10/h2-5,7-8,11,14H,6H2,1H3. The lowest BCUT2D eigenvalue weighted by molar-refractivity contribution is 0.414. The minimum absolute atomic E-state index is 0.116. The van der Waals surface area contributed by atoms with Crippen molar-refractivity contribution >= 4 is 23.2 Å². The van der Waals surface area contributed by atoms with Crippen LogP contribution in [0.3, 0.4) is 0 Å². The maximum atomic E-state index is 9.40. The Morgan fingerprint density at radius 3 is 2.57 bits per heavy atom. The molecule has 4 heteroatoms. The summed E-state index contributed by atoms with van der Waals surface area (Å²) in [5, 5.41) is 10.5. The predicted molar refractivity (Wildman–Crippen MR) is 84.3 cm³/mol. The average Bonchev–Trinajstić information content (AvgIpc) is 2.87. The molecule has 2 aromatic rings. The Labute approximate surface area is 133 Å². The molecule has 0 saturated heterocycles. The molecule has 0 fully saturated rings. The first-order valence-electron chi connectivity index (χ1n) is 6.66. The normalized spacial score (nSPS) is 19.9. The molecular weight excluding hydrogens is 305 g/mol. The van der Waals surface area contributed by atoms with E-state index >= 15 is 0 Å². The average molecular weight is 318 g/mol. The number of hydrogen-bond acceptors (Lipinski definition) is 2. The van der Waals surface area contributed by atoms with Crippen LogP contribution in [0.2, 0.25) is 10.0 Å². The minimum atomic E-state index is -0.116. The SMILES string of the molecule is COc1ccc2c(c1)C(C#N)CC2c1ccc(Cl)c(Cl)c1. The lowest BCUT2D eigenvalue weighted by atomic mass is 9.93. The molecule has 2 aromatic carbocycles. The largest absolute Gasteiger partial charge is 0.497 e. The van der Waals surface area contributed by atoms with Crippen molar-refractivity contribution in [1.29, 1.82) is 5.26 Å². The first-order valence-corrected chi connectivity index (χ1v) is 7.42. The van der Waals surface area contributed by atoms with Gasteiger partial charge in [0, 0.05) is 5.92 Å². The van der Waals surface area contributed by atoms with Gasteiger partial charge < -0.3 is 4.74 Å². The van der Waals surface area contributed by atoms with Crippen LogP contribution in [-0.4, -0.2) is 7.11 Å². The molecule has 0 aromatic heterocycles. The fraction of sp³-hybridized carbons (Fsp3) is 0.235. The summed E-state index contributed by atoms with van der Waals surface area (Å²) in [4.78, 5) is 0. The topological polar surface area (TPSA) is 33.0 Å². The Morgan fingerprint density at radius 1 is 1.10 bits per heavy atom. The van der Waals surface area contributed by atoms with E-state index in [1.54, 1.807) is 7.11 Å². The first kappa shape index (κ1) is 14.3. The fourth-order valence-electron chi connectivity index (χ4n) is 2.96. The van der Waals surface area contributed by atoms with Crippen LogP contribution in [0, 0.1) is 11.3 Å². The summed E-state index contributed by atoms with van der Waals surface area (Å²) in [6.07, 6.45) is 0.761. The molecule has 0 heterocycles. The van der Waals surface area contributed by atoms with Crippen molar-refractivity contribution < 1.29 is 4.74 Å². The van der Waals surface area contributed by atoms with Crippen molar-refractivity contribution in [3.63, 3.8) is 0 Å². The molecule has 0 N–H and O–H groups in total. The maximum Gasteiger partial charge on any atom is 0.119 e. The van der Waals surface area contributed by atoms with E-state index in [0.29, 0.717) is 10.0 Å². The third-order valence-electron chi connectivity index (χ3n) is 4.02. The zero-order valence-electron chi connectivity index (χ0n) is 11.4. The molecule has 0 saturated carbocycles. The van der Waals surface area contributed by atoms with Gasteiger partial charge in [0.05, 0.1) is 29.1 Å². The number of ether oxygens (including phenoxy) is 1. The summed E-state index contributed by atoms with van der Waals surface area (Å²) in [5.41, 5.74) is 3.31. The Balaban J connectivity index is 2.07. The van der Waals surface area contributed by atoms with E-state index < -0.39 is 0 Å². The molecule has 106 valence electrons. The summed E-state index contributed by atoms with van der Waals surface area (Å²) in [6.45, 7) is 0. The van der Waals surface area contributed by atoms with Gasteiger partial charge in [0.2, 0.25) is 0 Å². The molecule has 0 spiro atoms. The Bertz CT molecular complexity index is 736. The van der Waals surface area contributed by atoms with Gasteiger partial charge in [-0.05, 0) is 47.4 Å². The van der Waals surface area contributed by atoms with E-state index in [4.69, 9.17) is 27.9 Å². The molecule has 0 amide bonds. The quantitative estimate of drug-likeness (QED) is 0.767. The van der Waals surface area contributed by atoms with Gasteiger partial charge >= 0.3 is 0 Å². The number of nitrogens with zero attached hydrogens (tertiary/aromatic N) is 1. The molecule has 3 rings (SSSR count). The number of benzene rings is 2. The summed E-state index contributed by atoms with van der Waals surface area (Å²) in [5.74, 6) is 0.837. The number of nitriles is 1. The van der Waals surface area contributed by atoms with Gasteiger partial charge in [0.1, 0.15) is 5.75 Å². The van der Waals surface area contributed by atoms with Gasteiger partial charge in [0.25, 0.3) is 0 Å². The molecule has 2 unspecified atom stereocenters. The third kappa shape index (κ3) is 2.48. The van der Waals surface area contributed by atoms with Crippen molar-refractivity contribution in [2.24, 2.45) is 0 Å². The van der Waals surface area contributed by atoms with Gasteiger partial charge in [-0.15, -0.1) is 0 Å². The highest BCUT2D eigenvalue weighted by Crippen LogP contribution is 2.46. The van der Waals surface area contributed by atoms with Gasteiger partial charge in [0.15, 0.2) is 0 Å². The molecule has 2 nitrogen and oxygen atoms in total. The first-order chi connectivity index (χ1) is 10.1. The van der Waals surface area contributed by atoms with Crippen molar-refractivity contribution in [3.8, 4) is 11.8 Å². The number of halogens is 2. The van der Waals surface area contributed by atoms with E-state index in [9.17, 15) is 5.26 Å². The third-order valence-corrected chi connectivity index (χ3v) is 4.76. The number of rotatable bonds is 2. The predicted octanol–water partition coefficient (Wildman–Crippen LogP) is 5.14. The Kier molecular flexibility index (Phi) is 3.80. The second-order valence-corrected chi connectivity index (χ2v) is 5.95. The molecule has 2 atom stereocenters. The molecule has 1 aliphatic rings. The Morgan fingerprint density at radius 2 is 1.90 bits per heavy atom. The van der Waals surface area contributed by atoms with E-state index in [0.717, 1.165) is 23.3 Å². The van der Waals surface area contributed by atoms with Crippen molar-refractivity contribution in [2.45, 2.75) is 18.3 Å². The highest BCUT2D eigenvalue weighted by atomic mass is 35.5. The zero-order valence-corrected chi connectivity index (χ0v) is 12.9. The van der Waals surface area contributed by atoms with Crippen LogP contribution >= 0.6 is 23.2 Å². The van der Waals surface area contributed by atoms with E-state index in [1.807, 2.05) is 36.4 Å². The van der Waals surface area contributed by atoms with E-state index in [-0.39, 0.29) is 11.8 Å². The second kappa shape index (κ2) is 5.60. The van der Waals surface area contributed by atoms with Crippen LogP contribution in [0.5, 0.6) is 5.75 Å². The van der Waals surface area contributed by atoms with Crippen molar-refractivity contribution in [3.05, 3.63) is 63.1 Å².